The number of anilines is 1. The van der Waals surface area contributed by atoms with Gasteiger partial charge in [0.05, 0.1) is 24.0 Å². The summed E-state index contributed by atoms with van der Waals surface area (Å²) >= 11 is 0. The maximum absolute atomic E-state index is 11.8. The van der Waals surface area contributed by atoms with Gasteiger partial charge in [0.2, 0.25) is 0 Å². The molecule has 7 nitrogen and oxygen atoms in total. The Balaban J connectivity index is 1.17. The topological polar surface area (TPSA) is 102 Å². The summed E-state index contributed by atoms with van der Waals surface area (Å²) in [5.41, 5.74) is 7.73. The number of hydrogen-bond acceptors (Lipinski definition) is 6. The molecule has 1 saturated heterocycles. The minimum Gasteiger partial charge on any atom is -0.493 e. The summed E-state index contributed by atoms with van der Waals surface area (Å²) in [6.07, 6.45) is 2.48. The average Bonchev–Trinajstić information content (AvgIpc) is 3.73. The molecule has 2 atom stereocenters. The first-order valence-corrected chi connectivity index (χ1v) is 15.4. The maximum Gasteiger partial charge on any atom is 0.307 e. The van der Waals surface area contributed by atoms with Gasteiger partial charge in [-0.05, 0) is 96.3 Å². The molecule has 39 heavy (non-hydrogen) atoms. The number of rotatable bonds is 7. The molecule has 8 heteroatoms. The molecule has 3 aromatic carbocycles. The summed E-state index contributed by atoms with van der Waals surface area (Å²) in [5.74, 6) is 1.22. The molecule has 1 aliphatic carbocycles. The van der Waals surface area contributed by atoms with Crippen LogP contribution in [0, 0.1) is 12.8 Å². The lowest BCUT2D eigenvalue weighted by Gasteiger charge is -2.24. The number of benzene rings is 3. The molecule has 0 radical (unpaired) electrons. The van der Waals surface area contributed by atoms with Gasteiger partial charge in [0.15, 0.2) is 9.84 Å². The van der Waals surface area contributed by atoms with E-state index in [0.717, 1.165) is 52.3 Å². The molecule has 0 amide bonds. The largest absolute Gasteiger partial charge is 0.493 e. The Morgan fingerprint density at radius 1 is 1.08 bits per heavy atom. The number of aliphatic carboxylic acids is 1. The summed E-state index contributed by atoms with van der Waals surface area (Å²) in [6, 6.07) is 18.5. The zero-order valence-electron chi connectivity index (χ0n) is 22.0. The van der Waals surface area contributed by atoms with Gasteiger partial charge >= 0.3 is 5.97 Å². The minimum atomic E-state index is -2.92. The molecule has 1 saturated carbocycles. The van der Waals surface area contributed by atoms with E-state index in [1.54, 1.807) is 0 Å². The molecule has 6 rings (SSSR count). The maximum atomic E-state index is 11.8. The highest BCUT2D eigenvalue weighted by atomic mass is 32.2. The zero-order chi connectivity index (χ0) is 27.1. The first-order chi connectivity index (χ1) is 18.8. The molecule has 204 valence electrons. The third-order valence-electron chi connectivity index (χ3n) is 8.08. The summed E-state index contributed by atoms with van der Waals surface area (Å²) in [4.78, 5) is 11.2. The zero-order valence-corrected chi connectivity index (χ0v) is 22.8. The fourth-order valence-corrected chi connectivity index (χ4v) is 7.27. The summed E-state index contributed by atoms with van der Waals surface area (Å²) in [6.45, 7) is 3.32. The van der Waals surface area contributed by atoms with Crippen molar-refractivity contribution < 1.29 is 27.8 Å². The van der Waals surface area contributed by atoms with Crippen molar-refractivity contribution in [2.24, 2.45) is 5.92 Å². The molecule has 0 spiro atoms. The molecule has 2 unspecified atom stereocenters. The number of nitrogens with one attached hydrogen (secondary N) is 1. The van der Waals surface area contributed by atoms with E-state index in [9.17, 15) is 18.3 Å². The van der Waals surface area contributed by atoms with E-state index in [-0.39, 0.29) is 29.4 Å². The molecule has 0 bridgehead atoms. The lowest BCUT2D eigenvalue weighted by Crippen LogP contribution is -2.30. The standard InChI is InChI=1S/C31H33NO6S/c1-19-14-25(38-24-9-12-39(35,36)13-10-24)16-22-8-11-37-29-7-2-20(15-28(29)30(19)22)18-32-23-5-3-21(4-6-23)26-17-27(26)31(33)34/h2-7,14-16,24,26-27,32H,8-13,17-18H2,1H3,(H,33,34). The number of carboxylic acids is 1. The van der Waals surface area contributed by atoms with Crippen LogP contribution in [0.25, 0.3) is 11.1 Å². The Morgan fingerprint density at radius 3 is 2.56 bits per heavy atom. The number of ether oxygens (including phenoxy) is 2. The molecule has 0 aromatic heterocycles. The molecule has 2 fully saturated rings. The molecular formula is C31H33NO6S. The molecule has 3 aliphatic rings. The highest BCUT2D eigenvalue weighted by Crippen LogP contribution is 2.47. The number of sulfone groups is 1. The van der Waals surface area contributed by atoms with E-state index in [1.807, 2.05) is 30.3 Å². The Bertz CT molecular complexity index is 1500. The van der Waals surface area contributed by atoms with Crippen LogP contribution in [-0.2, 0) is 27.6 Å². The number of carboxylic acid groups (broad SMARTS) is 1. The van der Waals surface area contributed by atoms with Crippen LogP contribution in [-0.4, -0.2) is 43.7 Å². The van der Waals surface area contributed by atoms with Crippen LogP contribution >= 0.6 is 0 Å². The van der Waals surface area contributed by atoms with E-state index in [0.29, 0.717) is 26.0 Å². The molecule has 2 aliphatic heterocycles. The van der Waals surface area contributed by atoms with Gasteiger partial charge < -0.3 is 19.9 Å². The summed E-state index contributed by atoms with van der Waals surface area (Å²) < 4.78 is 35.9. The lowest BCUT2D eigenvalue weighted by atomic mass is 9.92. The smallest absolute Gasteiger partial charge is 0.307 e. The predicted molar refractivity (Wildman–Crippen MR) is 150 cm³/mol. The predicted octanol–water partition coefficient (Wildman–Crippen LogP) is 5.35. The molecular weight excluding hydrogens is 514 g/mol. The van der Waals surface area contributed by atoms with Crippen molar-refractivity contribution in [3.05, 3.63) is 76.9 Å². The van der Waals surface area contributed by atoms with Crippen molar-refractivity contribution >= 4 is 21.5 Å². The first-order valence-electron chi connectivity index (χ1n) is 13.6. The first kappa shape index (κ1) is 25.7. The van der Waals surface area contributed by atoms with Crippen molar-refractivity contribution in [1.82, 2.24) is 0 Å². The van der Waals surface area contributed by atoms with Gasteiger partial charge in [-0.25, -0.2) is 8.42 Å². The average molecular weight is 548 g/mol. The van der Waals surface area contributed by atoms with Gasteiger partial charge in [-0.2, -0.15) is 0 Å². The van der Waals surface area contributed by atoms with Crippen molar-refractivity contribution in [3.8, 4) is 22.6 Å². The van der Waals surface area contributed by atoms with Crippen molar-refractivity contribution in [3.63, 3.8) is 0 Å². The fourth-order valence-electron chi connectivity index (χ4n) is 5.82. The van der Waals surface area contributed by atoms with E-state index >= 15 is 0 Å². The van der Waals surface area contributed by atoms with Gasteiger partial charge in [0, 0.05) is 24.2 Å². The van der Waals surface area contributed by atoms with E-state index < -0.39 is 15.8 Å². The summed E-state index contributed by atoms with van der Waals surface area (Å²) in [5, 5.41) is 12.7. The Morgan fingerprint density at radius 2 is 1.85 bits per heavy atom. The monoisotopic (exact) mass is 547 g/mol. The lowest BCUT2D eigenvalue weighted by molar-refractivity contribution is -0.138. The van der Waals surface area contributed by atoms with Crippen molar-refractivity contribution in [2.75, 3.05) is 23.4 Å². The molecule has 3 aromatic rings. The van der Waals surface area contributed by atoms with E-state index in [4.69, 9.17) is 9.47 Å². The van der Waals surface area contributed by atoms with Crippen LogP contribution < -0.4 is 14.8 Å². The second-order valence-corrected chi connectivity index (χ2v) is 13.2. The number of fused-ring (bicyclic) bond motifs is 3. The third-order valence-corrected chi connectivity index (χ3v) is 9.80. The highest BCUT2D eigenvalue weighted by molar-refractivity contribution is 7.91. The number of hydrogen-bond donors (Lipinski definition) is 2. The quantitative estimate of drug-likeness (QED) is 0.411. The van der Waals surface area contributed by atoms with Crippen molar-refractivity contribution in [2.45, 2.75) is 51.2 Å². The van der Waals surface area contributed by atoms with Crippen LogP contribution in [0.4, 0.5) is 5.69 Å². The van der Waals surface area contributed by atoms with E-state index in [1.165, 1.54) is 11.1 Å². The minimum absolute atomic E-state index is 0.0742. The molecule has 2 N–H and O–H groups in total. The Labute approximate surface area is 229 Å². The van der Waals surface area contributed by atoms with Gasteiger partial charge in [-0.1, -0.05) is 18.2 Å². The molecule has 2 heterocycles. The second-order valence-electron chi connectivity index (χ2n) is 10.9. The van der Waals surface area contributed by atoms with Crippen LogP contribution in [0.2, 0.25) is 0 Å². The van der Waals surface area contributed by atoms with Gasteiger partial charge in [0.1, 0.15) is 17.6 Å². The third kappa shape index (κ3) is 5.62. The SMILES string of the molecule is Cc1cc(OC2CCS(=O)(=O)CC2)cc2c1-c1cc(CNc3ccc(C4CC4C(=O)O)cc3)ccc1OCC2. The fraction of sp³-hybridized carbons (Fsp3) is 0.387. The number of aryl methyl sites for hydroxylation is 1. The Kier molecular flexibility index (Phi) is 6.75. The van der Waals surface area contributed by atoms with E-state index in [2.05, 4.69) is 36.5 Å². The highest BCUT2D eigenvalue weighted by Gasteiger charge is 2.44. The van der Waals surface area contributed by atoms with Crippen LogP contribution in [0.5, 0.6) is 11.5 Å². The Hall–Kier alpha value is -3.52. The number of carbonyl (C=O) groups is 1. The van der Waals surface area contributed by atoms with Gasteiger partial charge in [-0.3, -0.25) is 4.79 Å². The van der Waals surface area contributed by atoms with Crippen LogP contribution in [0.1, 0.15) is 47.4 Å². The van der Waals surface area contributed by atoms with Gasteiger partial charge in [0.25, 0.3) is 0 Å². The van der Waals surface area contributed by atoms with Crippen molar-refractivity contribution in [1.29, 1.82) is 0 Å². The van der Waals surface area contributed by atoms with Crippen LogP contribution in [0.3, 0.4) is 0 Å². The second kappa shape index (κ2) is 10.2. The van der Waals surface area contributed by atoms with Gasteiger partial charge in [-0.15, -0.1) is 0 Å². The normalized spacial score (nSPS) is 21.6. The summed E-state index contributed by atoms with van der Waals surface area (Å²) in [7, 11) is -2.92. The van der Waals surface area contributed by atoms with Crippen LogP contribution in [0.15, 0.2) is 54.6 Å².